The number of carbonyl (C=O) groups excluding carboxylic acids is 2. The van der Waals surface area contributed by atoms with Crippen LogP contribution in [0.15, 0.2) is 122 Å². The predicted octanol–water partition coefficient (Wildman–Crippen LogP) is 29.3. The van der Waals surface area contributed by atoms with Crippen molar-refractivity contribution in [2.75, 3.05) is 26.4 Å². The number of phosphoric acid groups is 1. The van der Waals surface area contributed by atoms with Crippen molar-refractivity contribution in [2.24, 2.45) is 5.73 Å². The lowest BCUT2D eigenvalue weighted by atomic mass is 10.0. The van der Waals surface area contributed by atoms with E-state index in [1.807, 2.05) is 0 Å². The molecule has 0 aliphatic heterocycles. The van der Waals surface area contributed by atoms with Gasteiger partial charge in [0.2, 0.25) is 0 Å². The van der Waals surface area contributed by atoms with E-state index >= 15 is 0 Å². The molecule has 2 atom stereocenters. The summed E-state index contributed by atoms with van der Waals surface area (Å²) in [5.41, 5.74) is 5.42. The quantitative estimate of drug-likeness (QED) is 0.0264. The Morgan fingerprint density at radius 2 is 0.545 bits per heavy atom. The lowest BCUT2D eigenvalue weighted by molar-refractivity contribution is -0.161. The number of ether oxygens (including phenoxy) is 2. The van der Waals surface area contributed by atoms with Crippen LogP contribution < -0.4 is 5.73 Å². The maximum absolute atomic E-state index is 12.8. The van der Waals surface area contributed by atoms with E-state index in [1.54, 1.807) is 0 Å². The number of phosphoric ester groups is 1. The fourth-order valence-electron chi connectivity index (χ4n) is 12.5. The summed E-state index contributed by atoms with van der Waals surface area (Å²) < 4.78 is 33.3. The first-order valence-electron chi connectivity index (χ1n) is 43.0. The molecule has 101 heavy (non-hydrogen) atoms. The lowest BCUT2D eigenvalue weighted by Crippen LogP contribution is -2.29. The zero-order valence-corrected chi connectivity index (χ0v) is 67.0. The van der Waals surface area contributed by atoms with Gasteiger partial charge in [-0.15, -0.1) is 0 Å². The van der Waals surface area contributed by atoms with E-state index in [-0.39, 0.29) is 38.6 Å². The van der Waals surface area contributed by atoms with E-state index in [1.165, 1.54) is 283 Å². The summed E-state index contributed by atoms with van der Waals surface area (Å²) in [4.78, 5) is 35.5. The zero-order chi connectivity index (χ0) is 72.9. The molecule has 0 saturated carbocycles. The summed E-state index contributed by atoms with van der Waals surface area (Å²) in [5.74, 6) is -0.809. The molecule has 3 N–H and O–H groups in total. The minimum atomic E-state index is -4.40. The Balaban J connectivity index is 3.76. The van der Waals surface area contributed by atoms with Gasteiger partial charge in [0.05, 0.1) is 13.2 Å². The minimum Gasteiger partial charge on any atom is -0.462 e. The van der Waals surface area contributed by atoms with Gasteiger partial charge < -0.3 is 20.1 Å². The van der Waals surface area contributed by atoms with Gasteiger partial charge in [-0.2, -0.15) is 0 Å². The summed E-state index contributed by atoms with van der Waals surface area (Å²) in [5, 5.41) is 0. The molecule has 10 heteroatoms. The van der Waals surface area contributed by atoms with Crippen LogP contribution in [-0.4, -0.2) is 49.3 Å². The molecule has 0 aromatic carbocycles. The number of carbonyl (C=O) groups is 2. The van der Waals surface area contributed by atoms with Crippen molar-refractivity contribution in [1.29, 1.82) is 0 Å². The maximum Gasteiger partial charge on any atom is 0.472 e. The molecule has 9 nitrogen and oxygen atoms in total. The van der Waals surface area contributed by atoms with Crippen LogP contribution in [0.5, 0.6) is 0 Å². The number of esters is 2. The van der Waals surface area contributed by atoms with E-state index in [4.69, 9.17) is 24.3 Å². The molecule has 0 aliphatic carbocycles. The first-order valence-corrected chi connectivity index (χ1v) is 44.5. The van der Waals surface area contributed by atoms with Gasteiger partial charge in [0.15, 0.2) is 6.10 Å². The van der Waals surface area contributed by atoms with Gasteiger partial charge in [-0.1, -0.05) is 411 Å². The van der Waals surface area contributed by atoms with E-state index in [9.17, 15) is 19.0 Å². The molecule has 0 bridgehead atoms. The van der Waals surface area contributed by atoms with Crippen LogP contribution in [0.1, 0.15) is 412 Å². The maximum atomic E-state index is 12.8. The average molecular weight is 1430 g/mol. The van der Waals surface area contributed by atoms with Crippen LogP contribution in [0, 0.1) is 0 Å². The Kier molecular flexibility index (Phi) is 82.3. The molecule has 0 saturated heterocycles. The Morgan fingerprint density at radius 1 is 0.307 bits per heavy atom. The average Bonchev–Trinajstić information content (AvgIpc) is 1.04. The molecule has 0 fully saturated rings. The van der Waals surface area contributed by atoms with Crippen LogP contribution in [-0.2, 0) is 32.7 Å². The van der Waals surface area contributed by atoms with Crippen molar-refractivity contribution in [1.82, 2.24) is 0 Å². The van der Waals surface area contributed by atoms with Gasteiger partial charge >= 0.3 is 19.8 Å². The fraction of sp³-hybridized carbons (Fsp3) is 0.758. The largest absolute Gasteiger partial charge is 0.472 e. The van der Waals surface area contributed by atoms with Gasteiger partial charge in [-0.25, -0.2) is 4.57 Å². The third kappa shape index (κ3) is 85.2. The van der Waals surface area contributed by atoms with E-state index in [2.05, 4.69) is 135 Å². The fourth-order valence-corrected chi connectivity index (χ4v) is 13.3. The second-order valence-electron chi connectivity index (χ2n) is 28.7. The van der Waals surface area contributed by atoms with Gasteiger partial charge in [0, 0.05) is 19.4 Å². The SMILES string of the molecule is CC/C=C\C/C=C\C/C=C\C/C=C\C/C=C\C/C=C\C/C=C\CCCCCCCCCCCCCCCCCCCCCC(=O)OC(COC(=O)CCCCCCCCCCCCCCCCCCCCCCCCCC/C=C\C/C=C\C/C=C\CCCCCCC)COP(=O)(O)OCCN. The molecule has 0 rings (SSSR count). The van der Waals surface area contributed by atoms with Crippen molar-refractivity contribution in [2.45, 2.75) is 418 Å². The first-order chi connectivity index (χ1) is 49.8. The van der Waals surface area contributed by atoms with Crippen molar-refractivity contribution >= 4 is 19.8 Å². The number of nitrogens with two attached hydrogens (primary N) is 1. The van der Waals surface area contributed by atoms with Gasteiger partial charge in [0.1, 0.15) is 6.61 Å². The highest BCUT2D eigenvalue weighted by Gasteiger charge is 2.26. The summed E-state index contributed by atoms with van der Waals surface area (Å²) in [7, 11) is -4.40. The number of allylic oxidation sites excluding steroid dienone is 20. The molecule has 0 radical (unpaired) electrons. The standard InChI is InChI=1S/C91H162NO8P/c1-3-5-7-9-11-13-15-17-19-21-23-25-27-29-31-33-35-37-39-41-43-44-46-48-50-52-54-56-58-60-62-64-66-68-70-72-74-76-78-80-82-84-91(94)100-89(88-99-101(95,96)98-86-85-92)87-97-90(93)83-81-79-77-75-73-71-69-67-65-63-61-59-57-55-53-51-49-47-45-42-40-38-36-34-32-30-28-26-24-22-20-18-16-14-12-10-8-6-4-2/h5,7,11,13,16-19,22-25,28-31,35,37,41,43,89H,3-4,6,8-10,12,14-15,20-21,26-27,32-34,36,38-40,42,44-88,92H2,1-2H3,(H,95,96)/b7-5-,13-11-,18-16-,19-17-,24-22-,25-23-,30-28-,31-29-,37-35-,43-41-. The third-order valence-electron chi connectivity index (χ3n) is 18.8. The summed E-state index contributed by atoms with van der Waals surface area (Å²) in [6, 6.07) is 0. The van der Waals surface area contributed by atoms with Crippen molar-refractivity contribution in [3.63, 3.8) is 0 Å². The number of hydrogen-bond acceptors (Lipinski definition) is 8. The smallest absolute Gasteiger partial charge is 0.462 e. The second kappa shape index (κ2) is 85.3. The summed E-state index contributed by atoms with van der Waals surface area (Å²) in [6.45, 7) is 3.67. The lowest BCUT2D eigenvalue weighted by Gasteiger charge is -2.19. The summed E-state index contributed by atoms with van der Waals surface area (Å²) >= 11 is 0. The van der Waals surface area contributed by atoms with E-state index < -0.39 is 26.5 Å². The molecule has 0 aromatic rings. The molecule has 0 aliphatic rings. The highest BCUT2D eigenvalue weighted by Crippen LogP contribution is 2.43. The van der Waals surface area contributed by atoms with E-state index in [0.29, 0.717) is 6.42 Å². The van der Waals surface area contributed by atoms with Crippen LogP contribution in [0.3, 0.4) is 0 Å². The Labute approximate surface area is 625 Å². The highest BCUT2D eigenvalue weighted by atomic mass is 31.2. The van der Waals surface area contributed by atoms with Gasteiger partial charge in [0.25, 0.3) is 0 Å². The highest BCUT2D eigenvalue weighted by molar-refractivity contribution is 7.47. The van der Waals surface area contributed by atoms with E-state index in [0.717, 1.165) is 96.3 Å². The molecule has 584 valence electrons. The first kappa shape index (κ1) is 97.4. The van der Waals surface area contributed by atoms with Crippen LogP contribution >= 0.6 is 7.82 Å². The number of rotatable bonds is 81. The van der Waals surface area contributed by atoms with Crippen LogP contribution in [0.4, 0.5) is 0 Å². The topological polar surface area (TPSA) is 134 Å². The molecule has 2 unspecified atom stereocenters. The molecule has 0 aromatic heterocycles. The third-order valence-corrected chi connectivity index (χ3v) is 19.8. The summed E-state index contributed by atoms with van der Waals surface area (Å²) in [6.07, 6.45) is 121. The second-order valence-corrected chi connectivity index (χ2v) is 30.1. The Morgan fingerprint density at radius 3 is 0.812 bits per heavy atom. The molecule has 0 heterocycles. The molecular formula is C91H162NO8P. The molecule has 0 amide bonds. The predicted molar refractivity (Wildman–Crippen MR) is 441 cm³/mol. The Hall–Kier alpha value is -3.59. The van der Waals surface area contributed by atoms with Crippen molar-refractivity contribution < 1.29 is 37.6 Å². The monoisotopic (exact) mass is 1430 g/mol. The normalized spacial score (nSPS) is 13.4. The number of hydrogen-bond donors (Lipinski definition) is 2. The van der Waals surface area contributed by atoms with Crippen molar-refractivity contribution in [3.05, 3.63) is 122 Å². The Bertz CT molecular complexity index is 2080. The number of unbranched alkanes of at least 4 members (excludes halogenated alkanes) is 48. The van der Waals surface area contributed by atoms with Crippen LogP contribution in [0.2, 0.25) is 0 Å². The molecule has 0 spiro atoms. The van der Waals surface area contributed by atoms with Gasteiger partial charge in [-0.3, -0.25) is 18.6 Å². The zero-order valence-electron chi connectivity index (χ0n) is 66.1. The van der Waals surface area contributed by atoms with Crippen molar-refractivity contribution in [3.8, 4) is 0 Å². The van der Waals surface area contributed by atoms with Crippen LogP contribution in [0.25, 0.3) is 0 Å². The van der Waals surface area contributed by atoms with Gasteiger partial charge in [-0.05, 0) is 109 Å². The minimum absolute atomic E-state index is 0.0527. The molecular weight excluding hydrogens is 1270 g/mol.